The molecule has 0 heterocycles. The Bertz CT molecular complexity index is 1030. The fourth-order valence-corrected chi connectivity index (χ4v) is 9.53. The maximum Gasteiger partial charge on any atom is 0.514 e. The molecule has 8 unspecified atom stereocenters. The van der Waals surface area contributed by atoms with E-state index < -0.39 is 12.0 Å². The van der Waals surface area contributed by atoms with Gasteiger partial charge in [0.05, 0.1) is 0 Å². The van der Waals surface area contributed by atoms with Gasteiger partial charge in [-0.1, -0.05) is 77.7 Å². The lowest BCUT2D eigenvalue weighted by molar-refractivity contribution is -0.0597. The molecule has 0 aromatic heterocycles. The predicted molar refractivity (Wildman–Crippen MR) is 150 cm³/mol. The molecule has 3 saturated carbocycles. The summed E-state index contributed by atoms with van der Waals surface area (Å²) in [6.45, 7) is 12.4. The van der Waals surface area contributed by atoms with E-state index in [1.54, 1.807) is 12.1 Å². The van der Waals surface area contributed by atoms with Crippen LogP contribution in [0.1, 0.15) is 105 Å². The van der Waals surface area contributed by atoms with E-state index in [0.29, 0.717) is 5.41 Å². The van der Waals surface area contributed by atoms with Crippen LogP contribution >= 0.6 is 0 Å². The minimum absolute atomic E-state index is 0.0766. The molecule has 5 rings (SSSR count). The molecule has 4 heteroatoms. The first-order valence-corrected chi connectivity index (χ1v) is 15.4. The second kappa shape index (κ2) is 11.0. The minimum atomic E-state index is -0.800. The van der Waals surface area contributed by atoms with Crippen molar-refractivity contribution in [2.24, 2.45) is 46.3 Å². The molecule has 0 N–H and O–H groups in total. The van der Waals surface area contributed by atoms with Gasteiger partial charge in [0.1, 0.15) is 6.10 Å². The summed E-state index contributed by atoms with van der Waals surface area (Å²) < 4.78 is 24.7. The molecule has 3 fully saturated rings. The summed E-state index contributed by atoms with van der Waals surface area (Å²) in [5.74, 6) is 4.27. The van der Waals surface area contributed by atoms with Crippen molar-refractivity contribution in [2.75, 3.05) is 0 Å². The SMILES string of the molecule is CC(C)CCCC(C)C1CCC2C3CC=C4CC(OC(=O)Oc5ccccc5F)CCC4(C)C3CCC12C. The van der Waals surface area contributed by atoms with Gasteiger partial charge in [0.25, 0.3) is 0 Å². The predicted octanol–water partition coefficient (Wildman–Crippen LogP) is 9.75. The number of halogens is 1. The Morgan fingerprint density at radius 2 is 1.82 bits per heavy atom. The lowest BCUT2D eigenvalue weighted by Gasteiger charge is -2.58. The highest BCUT2D eigenvalue weighted by atomic mass is 19.1. The normalized spacial score (nSPS) is 37.0. The number of benzene rings is 1. The molecule has 38 heavy (non-hydrogen) atoms. The summed E-state index contributed by atoms with van der Waals surface area (Å²) >= 11 is 0. The van der Waals surface area contributed by atoms with Gasteiger partial charge in [-0.3, -0.25) is 0 Å². The van der Waals surface area contributed by atoms with Crippen LogP contribution in [-0.2, 0) is 4.74 Å². The Morgan fingerprint density at radius 1 is 1.03 bits per heavy atom. The van der Waals surface area contributed by atoms with E-state index in [2.05, 4.69) is 40.7 Å². The van der Waals surface area contributed by atoms with E-state index in [1.165, 1.54) is 69.1 Å². The Labute approximate surface area is 229 Å². The average Bonchev–Trinajstić information content (AvgIpc) is 3.23. The number of para-hydroxylation sites is 1. The first kappa shape index (κ1) is 27.7. The maximum absolute atomic E-state index is 13.9. The number of allylic oxidation sites excluding steroid dienone is 1. The van der Waals surface area contributed by atoms with Crippen molar-refractivity contribution < 1.29 is 18.7 Å². The van der Waals surface area contributed by atoms with Crippen LogP contribution < -0.4 is 4.74 Å². The molecular weight excluding hydrogens is 475 g/mol. The summed E-state index contributed by atoms with van der Waals surface area (Å²) in [5.41, 5.74) is 2.19. The molecule has 8 atom stereocenters. The van der Waals surface area contributed by atoms with Crippen LogP contribution in [0.4, 0.5) is 9.18 Å². The maximum atomic E-state index is 13.9. The van der Waals surface area contributed by atoms with E-state index in [9.17, 15) is 9.18 Å². The standard InChI is InChI=1S/C34H49FO3/c1-22(2)9-8-10-23(3)27-15-16-28-26-14-13-24-21-25(37-32(36)38-31-12-7-6-11-30(31)35)17-19-33(24,4)29(26)18-20-34(27,28)5/h6-7,11-13,22-23,25-29H,8-10,14-21H2,1-5H3. The Morgan fingerprint density at radius 3 is 2.58 bits per heavy atom. The number of carbonyl (C=O) groups is 1. The quantitative estimate of drug-likeness (QED) is 0.202. The van der Waals surface area contributed by atoms with Gasteiger partial charge in [-0.15, -0.1) is 0 Å². The molecule has 210 valence electrons. The van der Waals surface area contributed by atoms with Crippen molar-refractivity contribution in [2.45, 2.75) is 111 Å². The number of rotatable bonds is 7. The fourth-order valence-electron chi connectivity index (χ4n) is 9.53. The molecule has 4 aliphatic rings. The van der Waals surface area contributed by atoms with Crippen molar-refractivity contribution in [3.05, 3.63) is 41.7 Å². The van der Waals surface area contributed by atoms with Crippen LogP contribution in [0.5, 0.6) is 5.75 Å². The zero-order valence-corrected chi connectivity index (χ0v) is 24.3. The molecule has 1 aromatic rings. The third kappa shape index (κ3) is 5.18. The number of fused-ring (bicyclic) bond motifs is 5. The second-order valence-corrected chi connectivity index (χ2v) is 14.1. The molecule has 0 amide bonds. The van der Waals surface area contributed by atoms with Crippen molar-refractivity contribution >= 4 is 6.16 Å². The fraction of sp³-hybridized carbons (Fsp3) is 0.735. The Hall–Kier alpha value is -1.84. The van der Waals surface area contributed by atoms with Gasteiger partial charge in [-0.05, 0) is 103 Å². The van der Waals surface area contributed by atoms with Crippen LogP contribution in [0, 0.1) is 52.2 Å². The summed E-state index contributed by atoms with van der Waals surface area (Å²) in [6, 6.07) is 5.96. The smallest absolute Gasteiger partial charge is 0.430 e. The first-order chi connectivity index (χ1) is 18.1. The van der Waals surface area contributed by atoms with Gasteiger partial charge < -0.3 is 9.47 Å². The van der Waals surface area contributed by atoms with Crippen LogP contribution in [0.15, 0.2) is 35.9 Å². The number of hydrogen-bond donors (Lipinski definition) is 0. The van der Waals surface area contributed by atoms with E-state index in [4.69, 9.17) is 9.47 Å². The minimum Gasteiger partial charge on any atom is -0.430 e. The van der Waals surface area contributed by atoms with Crippen molar-refractivity contribution in [3.8, 4) is 5.75 Å². The molecule has 0 bridgehead atoms. The molecule has 4 aliphatic carbocycles. The van der Waals surface area contributed by atoms with Crippen LogP contribution in [-0.4, -0.2) is 12.3 Å². The number of hydrogen-bond acceptors (Lipinski definition) is 3. The highest BCUT2D eigenvalue weighted by Gasteiger charge is 2.59. The van der Waals surface area contributed by atoms with Crippen molar-refractivity contribution in [3.63, 3.8) is 0 Å². The Kier molecular flexibility index (Phi) is 8.00. The van der Waals surface area contributed by atoms with E-state index >= 15 is 0 Å². The van der Waals surface area contributed by atoms with Gasteiger partial charge in [0, 0.05) is 6.42 Å². The molecule has 0 saturated heterocycles. The molecular formula is C34H49FO3. The molecule has 0 spiro atoms. The molecule has 3 nitrogen and oxygen atoms in total. The zero-order chi connectivity index (χ0) is 27.1. The van der Waals surface area contributed by atoms with Crippen molar-refractivity contribution in [1.82, 2.24) is 0 Å². The highest BCUT2D eigenvalue weighted by Crippen LogP contribution is 2.67. The summed E-state index contributed by atoms with van der Waals surface area (Å²) in [7, 11) is 0. The molecule has 1 aromatic carbocycles. The highest BCUT2D eigenvalue weighted by molar-refractivity contribution is 5.64. The summed E-state index contributed by atoms with van der Waals surface area (Å²) in [4.78, 5) is 12.4. The molecule has 0 aliphatic heterocycles. The summed E-state index contributed by atoms with van der Waals surface area (Å²) in [6.07, 6.45) is 15.0. The topological polar surface area (TPSA) is 35.5 Å². The number of ether oxygens (including phenoxy) is 2. The molecule has 0 radical (unpaired) electrons. The van der Waals surface area contributed by atoms with Crippen LogP contribution in [0.2, 0.25) is 0 Å². The van der Waals surface area contributed by atoms with Gasteiger partial charge in [-0.25, -0.2) is 9.18 Å². The van der Waals surface area contributed by atoms with Crippen LogP contribution in [0.3, 0.4) is 0 Å². The van der Waals surface area contributed by atoms with Crippen LogP contribution in [0.25, 0.3) is 0 Å². The van der Waals surface area contributed by atoms with Gasteiger partial charge >= 0.3 is 6.16 Å². The average molecular weight is 525 g/mol. The monoisotopic (exact) mass is 524 g/mol. The third-order valence-electron chi connectivity index (χ3n) is 11.6. The lowest BCUT2D eigenvalue weighted by atomic mass is 9.47. The largest absolute Gasteiger partial charge is 0.514 e. The van der Waals surface area contributed by atoms with Gasteiger partial charge in [0.15, 0.2) is 11.6 Å². The third-order valence-corrected chi connectivity index (χ3v) is 11.6. The Balaban J connectivity index is 1.22. The first-order valence-electron chi connectivity index (χ1n) is 15.4. The van der Waals surface area contributed by atoms with Gasteiger partial charge in [-0.2, -0.15) is 0 Å². The van der Waals surface area contributed by atoms with E-state index in [1.807, 2.05) is 0 Å². The van der Waals surface area contributed by atoms with E-state index in [-0.39, 0.29) is 17.3 Å². The lowest BCUT2D eigenvalue weighted by Crippen LogP contribution is -2.51. The summed E-state index contributed by atoms with van der Waals surface area (Å²) in [5, 5.41) is 0. The van der Waals surface area contributed by atoms with Crippen molar-refractivity contribution in [1.29, 1.82) is 0 Å². The van der Waals surface area contributed by atoms with Gasteiger partial charge in [0.2, 0.25) is 0 Å². The van der Waals surface area contributed by atoms with E-state index in [0.717, 1.165) is 54.8 Å². The second-order valence-electron chi connectivity index (χ2n) is 14.1. The zero-order valence-electron chi connectivity index (χ0n) is 24.3. The number of carbonyl (C=O) groups excluding carboxylic acids is 1.